The Hall–Kier alpha value is -0.820. The van der Waals surface area contributed by atoms with E-state index in [9.17, 15) is 18.0 Å². The molecule has 1 heterocycles. The van der Waals surface area contributed by atoms with E-state index in [0.717, 1.165) is 19.5 Å². The van der Waals surface area contributed by atoms with E-state index < -0.39 is 12.7 Å². The highest BCUT2D eigenvalue weighted by Gasteiger charge is 2.26. The molecule has 0 aromatic heterocycles. The van der Waals surface area contributed by atoms with Gasteiger partial charge in [0.1, 0.15) is 0 Å². The van der Waals surface area contributed by atoms with Gasteiger partial charge in [-0.05, 0) is 25.9 Å². The monoisotopic (exact) mass is 253 g/mol. The molecule has 100 valence electrons. The van der Waals surface area contributed by atoms with Crippen molar-refractivity contribution in [2.24, 2.45) is 5.92 Å². The number of hydrogen-bond donors (Lipinski definition) is 2. The second-order valence-electron chi connectivity index (χ2n) is 4.44. The first-order chi connectivity index (χ1) is 7.87. The zero-order chi connectivity index (χ0) is 12.9. The maximum Gasteiger partial charge on any atom is 0.401 e. The molecule has 0 spiro atoms. The average Bonchev–Trinajstić information content (AvgIpc) is 2.59. The lowest BCUT2D eigenvalue weighted by Gasteiger charge is -2.12. The fraction of sp³-hybridized carbons (Fsp3) is 0.900. The number of amides is 1. The number of halogens is 3. The molecule has 0 radical (unpaired) electrons. The molecule has 7 heteroatoms. The van der Waals surface area contributed by atoms with Gasteiger partial charge >= 0.3 is 6.18 Å². The molecule has 1 unspecified atom stereocenters. The summed E-state index contributed by atoms with van der Waals surface area (Å²) in [6.07, 6.45) is -3.25. The summed E-state index contributed by atoms with van der Waals surface area (Å²) >= 11 is 0. The van der Waals surface area contributed by atoms with Gasteiger partial charge in [0.2, 0.25) is 5.91 Å². The van der Waals surface area contributed by atoms with Crippen LogP contribution in [0.25, 0.3) is 0 Å². The molecule has 0 aromatic carbocycles. The minimum Gasteiger partial charge on any atom is -0.355 e. The van der Waals surface area contributed by atoms with Crippen LogP contribution in [0, 0.1) is 5.92 Å². The Labute approximate surface area is 98.5 Å². The molecule has 0 aromatic rings. The van der Waals surface area contributed by atoms with Crippen LogP contribution in [0.4, 0.5) is 13.2 Å². The molecule has 1 saturated heterocycles. The first-order valence-corrected chi connectivity index (χ1v) is 5.59. The molecule has 0 saturated carbocycles. The number of carbonyl (C=O) groups excluding carboxylic acids is 1. The summed E-state index contributed by atoms with van der Waals surface area (Å²) in [7, 11) is 2.01. The van der Waals surface area contributed by atoms with Gasteiger partial charge < -0.3 is 15.5 Å². The van der Waals surface area contributed by atoms with Gasteiger partial charge in [-0.1, -0.05) is 0 Å². The molecule has 1 fully saturated rings. The maximum atomic E-state index is 11.8. The Bertz CT molecular complexity index is 258. The SMILES string of the molecule is CN1CCC(CNC(=O)CNCC(F)(F)F)C1. The Morgan fingerprint density at radius 3 is 2.71 bits per heavy atom. The van der Waals surface area contributed by atoms with Gasteiger partial charge in [-0.2, -0.15) is 13.2 Å². The summed E-state index contributed by atoms with van der Waals surface area (Å²) in [5.41, 5.74) is 0. The van der Waals surface area contributed by atoms with Crippen molar-refractivity contribution >= 4 is 5.91 Å². The predicted molar refractivity (Wildman–Crippen MR) is 57.5 cm³/mol. The lowest BCUT2D eigenvalue weighted by Crippen LogP contribution is -2.40. The molecular weight excluding hydrogens is 235 g/mol. The number of rotatable bonds is 5. The fourth-order valence-corrected chi connectivity index (χ4v) is 1.83. The number of nitrogens with one attached hydrogen (secondary N) is 2. The third-order valence-corrected chi connectivity index (χ3v) is 2.69. The topological polar surface area (TPSA) is 44.4 Å². The summed E-state index contributed by atoms with van der Waals surface area (Å²) in [5.74, 6) is 0.0235. The van der Waals surface area contributed by atoms with Gasteiger partial charge in [-0.25, -0.2) is 0 Å². The minimum atomic E-state index is -4.27. The van der Waals surface area contributed by atoms with Crippen LogP contribution in [0.15, 0.2) is 0 Å². The van der Waals surface area contributed by atoms with Crippen LogP contribution in [0.3, 0.4) is 0 Å². The number of hydrogen-bond acceptors (Lipinski definition) is 3. The van der Waals surface area contributed by atoms with Crippen LogP contribution in [0.1, 0.15) is 6.42 Å². The molecule has 0 aliphatic carbocycles. The number of nitrogens with zero attached hydrogens (tertiary/aromatic N) is 1. The molecule has 1 atom stereocenters. The second-order valence-corrected chi connectivity index (χ2v) is 4.44. The summed E-state index contributed by atoms with van der Waals surface area (Å²) in [6.45, 7) is 1.05. The zero-order valence-corrected chi connectivity index (χ0v) is 9.81. The van der Waals surface area contributed by atoms with E-state index in [2.05, 4.69) is 15.5 Å². The van der Waals surface area contributed by atoms with Crippen LogP contribution in [0.2, 0.25) is 0 Å². The highest BCUT2D eigenvalue weighted by molar-refractivity contribution is 5.77. The van der Waals surface area contributed by atoms with Crippen molar-refractivity contribution in [2.45, 2.75) is 12.6 Å². The fourth-order valence-electron chi connectivity index (χ4n) is 1.83. The average molecular weight is 253 g/mol. The molecule has 2 N–H and O–H groups in total. The van der Waals surface area contributed by atoms with Crippen molar-refractivity contribution in [1.29, 1.82) is 0 Å². The molecule has 0 bridgehead atoms. The van der Waals surface area contributed by atoms with Crippen molar-refractivity contribution < 1.29 is 18.0 Å². The van der Waals surface area contributed by atoms with E-state index in [1.165, 1.54) is 0 Å². The maximum absolute atomic E-state index is 11.8. The summed E-state index contributed by atoms with van der Waals surface area (Å²) in [6, 6.07) is 0. The third kappa shape index (κ3) is 6.48. The standard InChI is InChI=1S/C10H18F3N3O/c1-16-3-2-8(6-16)4-15-9(17)5-14-7-10(11,12)13/h8,14H,2-7H2,1H3,(H,15,17). The highest BCUT2D eigenvalue weighted by atomic mass is 19.4. The number of likely N-dealkylation sites (tertiary alicyclic amines) is 1. The first kappa shape index (κ1) is 14.2. The van der Waals surface area contributed by atoms with E-state index in [0.29, 0.717) is 12.5 Å². The van der Waals surface area contributed by atoms with E-state index >= 15 is 0 Å². The van der Waals surface area contributed by atoms with Crippen LogP contribution < -0.4 is 10.6 Å². The highest BCUT2D eigenvalue weighted by Crippen LogP contribution is 2.13. The molecule has 4 nitrogen and oxygen atoms in total. The van der Waals surface area contributed by atoms with Crippen LogP contribution in [-0.4, -0.2) is 56.8 Å². The van der Waals surface area contributed by atoms with Gasteiger partial charge in [-0.3, -0.25) is 4.79 Å². The Balaban J connectivity index is 2.05. The van der Waals surface area contributed by atoms with E-state index in [1.807, 2.05) is 7.05 Å². The summed E-state index contributed by atoms with van der Waals surface area (Å²) < 4.78 is 35.3. The third-order valence-electron chi connectivity index (χ3n) is 2.69. The van der Waals surface area contributed by atoms with Gasteiger partial charge in [-0.15, -0.1) is 0 Å². The van der Waals surface area contributed by atoms with E-state index in [4.69, 9.17) is 0 Å². The van der Waals surface area contributed by atoms with Gasteiger partial charge in [0.15, 0.2) is 0 Å². The first-order valence-electron chi connectivity index (χ1n) is 5.59. The summed E-state index contributed by atoms with van der Waals surface area (Å²) in [5, 5.41) is 4.70. The molecule has 17 heavy (non-hydrogen) atoms. The van der Waals surface area contributed by atoms with Crippen LogP contribution in [0.5, 0.6) is 0 Å². The minimum absolute atomic E-state index is 0.290. The number of alkyl halides is 3. The van der Waals surface area contributed by atoms with Crippen molar-refractivity contribution in [3.63, 3.8) is 0 Å². The quantitative estimate of drug-likeness (QED) is 0.736. The Morgan fingerprint density at radius 2 is 2.18 bits per heavy atom. The molecular formula is C10H18F3N3O. The zero-order valence-electron chi connectivity index (χ0n) is 9.81. The second kappa shape index (κ2) is 6.20. The molecule has 1 aliphatic heterocycles. The van der Waals surface area contributed by atoms with Gasteiger partial charge in [0.25, 0.3) is 0 Å². The Morgan fingerprint density at radius 1 is 1.47 bits per heavy atom. The van der Waals surface area contributed by atoms with Gasteiger partial charge in [0, 0.05) is 13.1 Å². The number of carbonyl (C=O) groups is 1. The lowest BCUT2D eigenvalue weighted by molar-refractivity contribution is -0.128. The van der Waals surface area contributed by atoms with Crippen molar-refractivity contribution in [3.05, 3.63) is 0 Å². The normalized spacial score (nSPS) is 21.8. The van der Waals surface area contributed by atoms with Gasteiger partial charge in [0.05, 0.1) is 13.1 Å². The predicted octanol–water partition coefficient (Wildman–Crippen LogP) is 0.206. The van der Waals surface area contributed by atoms with Crippen molar-refractivity contribution in [2.75, 3.05) is 39.8 Å². The van der Waals surface area contributed by atoms with E-state index in [-0.39, 0.29) is 12.5 Å². The largest absolute Gasteiger partial charge is 0.401 e. The van der Waals surface area contributed by atoms with Crippen molar-refractivity contribution in [3.8, 4) is 0 Å². The van der Waals surface area contributed by atoms with Crippen molar-refractivity contribution in [1.82, 2.24) is 15.5 Å². The molecule has 1 rings (SSSR count). The lowest BCUT2D eigenvalue weighted by atomic mass is 10.1. The van der Waals surface area contributed by atoms with E-state index in [1.54, 1.807) is 0 Å². The Kier molecular flexibility index (Phi) is 5.20. The molecule has 1 aliphatic rings. The molecule has 1 amide bonds. The van der Waals surface area contributed by atoms with Crippen LogP contribution in [-0.2, 0) is 4.79 Å². The summed E-state index contributed by atoms with van der Waals surface area (Å²) in [4.78, 5) is 13.4. The van der Waals surface area contributed by atoms with Crippen LogP contribution >= 0.6 is 0 Å². The smallest absolute Gasteiger partial charge is 0.355 e.